The standard InChI is InChI=1S/C9H14N2/c1-8-4-6-11(10-8)7-5-9-2-3-9/h4,6,9H,2-3,5,7H2,1H3. The molecule has 0 atom stereocenters. The van der Waals surface area contributed by atoms with E-state index in [0.717, 1.165) is 18.2 Å². The van der Waals surface area contributed by atoms with E-state index < -0.39 is 0 Å². The predicted octanol–water partition coefficient (Wildman–Crippen LogP) is 1.99. The van der Waals surface area contributed by atoms with E-state index in [9.17, 15) is 0 Å². The highest BCUT2D eigenvalue weighted by molar-refractivity contribution is 4.94. The second kappa shape index (κ2) is 2.68. The minimum Gasteiger partial charge on any atom is -0.272 e. The fraction of sp³-hybridized carbons (Fsp3) is 0.667. The lowest BCUT2D eigenvalue weighted by Gasteiger charge is -1.97. The zero-order valence-corrected chi connectivity index (χ0v) is 6.95. The van der Waals surface area contributed by atoms with Gasteiger partial charge in [0.15, 0.2) is 0 Å². The molecule has 2 nitrogen and oxygen atoms in total. The molecule has 2 rings (SSSR count). The molecule has 1 fully saturated rings. The first-order chi connectivity index (χ1) is 5.34. The maximum atomic E-state index is 4.33. The summed E-state index contributed by atoms with van der Waals surface area (Å²) in [5.74, 6) is 1.01. The molecule has 1 aromatic heterocycles. The lowest BCUT2D eigenvalue weighted by atomic mass is 10.3. The third-order valence-corrected chi connectivity index (χ3v) is 2.24. The quantitative estimate of drug-likeness (QED) is 0.644. The Labute approximate surface area is 67.2 Å². The fourth-order valence-corrected chi connectivity index (χ4v) is 1.31. The average molecular weight is 150 g/mol. The molecule has 0 N–H and O–H groups in total. The molecule has 1 aromatic rings. The highest BCUT2D eigenvalue weighted by atomic mass is 15.3. The molecule has 0 radical (unpaired) electrons. The van der Waals surface area contributed by atoms with Crippen molar-refractivity contribution in [2.45, 2.75) is 32.7 Å². The van der Waals surface area contributed by atoms with Crippen LogP contribution in [0.15, 0.2) is 12.3 Å². The van der Waals surface area contributed by atoms with Crippen molar-refractivity contribution in [1.82, 2.24) is 9.78 Å². The zero-order chi connectivity index (χ0) is 7.68. The van der Waals surface area contributed by atoms with Crippen LogP contribution in [0.5, 0.6) is 0 Å². The van der Waals surface area contributed by atoms with Gasteiger partial charge in [-0.1, -0.05) is 12.8 Å². The topological polar surface area (TPSA) is 17.8 Å². The normalized spacial score (nSPS) is 17.2. The lowest BCUT2D eigenvalue weighted by molar-refractivity contribution is 0.544. The van der Waals surface area contributed by atoms with Crippen LogP contribution in [0, 0.1) is 12.8 Å². The van der Waals surface area contributed by atoms with Gasteiger partial charge in [0, 0.05) is 12.7 Å². The summed E-state index contributed by atoms with van der Waals surface area (Å²) in [6.45, 7) is 3.14. The molecule has 0 amide bonds. The summed E-state index contributed by atoms with van der Waals surface area (Å²) in [5, 5.41) is 4.33. The van der Waals surface area contributed by atoms with Crippen LogP contribution in [0.25, 0.3) is 0 Å². The molecule has 0 aliphatic heterocycles. The Morgan fingerprint density at radius 3 is 3.00 bits per heavy atom. The van der Waals surface area contributed by atoms with E-state index in [-0.39, 0.29) is 0 Å². The minimum absolute atomic E-state index is 1.01. The molecule has 0 bridgehead atoms. The van der Waals surface area contributed by atoms with Gasteiger partial charge in [-0.05, 0) is 25.3 Å². The van der Waals surface area contributed by atoms with Gasteiger partial charge in [-0.15, -0.1) is 0 Å². The summed E-state index contributed by atoms with van der Waals surface area (Å²) >= 11 is 0. The van der Waals surface area contributed by atoms with Crippen LogP contribution in [0.2, 0.25) is 0 Å². The molecular weight excluding hydrogens is 136 g/mol. The first-order valence-electron chi connectivity index (χ1n) is 4.34. The summed E-state index contributed by atoms with van der Waals surface area (Å²) in [7, 11) is 0. The predicted molar refractivity (Wildman–Crippen MR) is 44.3 cm³/mol. The van der Waals surface area contributed by atoms with E-state index >= 15 is 0 Å². The molecule has 0 unspecified atom stereocenters. The molecule has 1 aliphatic rings. The van der Waals surface area contributed by atoms with Crippen molar-refractivity contribution in [2.75, 3.05) is 0 Å². The molecule has 0 saturated heterocycles. The number of rotatable bonds is 3. The van der Waals surface area contributed by atoms with Gasteiger partial charge in [-0.25, -0.2) is 0 Å². The van der Waals surface area contributed by atoms with Gasteiger partial charge in [0.25, 0.3) is 0 Å². The maximum absolute atomic E-state index is 4.33. The number of aryl methyl sites for hydroxylation is 2. The Bertz CT molecular complexity index is 235. The minimum atomic E-state index is 1.01. The summed E-state index contributed by atoms with van der Waals surface area (Å²) in [6.07, 6.45) is 6.28. The van der Waals surface area contributed by atoms with Crippen molar-refractivity contribution < 1.29 is 0 Å². The molecule has 1 heterocycles. The second-order valence-electron chi connectivity index (χ2n) is 3.45. The second-order valence-corrected chi connectivity index (χ2v) is 3.45. The maximum Gasteiger partial charge on any atom is 0.0593 e. The Balaban J connectivity index is 1.85. The van der Waals surface area contributed by atoms with Crippen LogP contribution < -0.4 is 0 Å². The Hall–Kier alpha value is -0.790. The van der Waals surface area contributed by atoms with Gasteiger partial charge in [-0.2, -0.15) is 5.10 Å². The largest absolute Gasteiger partial charge is 0.272 e. The van der Waals surface area contributed by atoms with E-state index in [1.54, 1.807) is 0 Å². The molecular formula is C9H14N2. The fourth-order valence-electron chi connectivity index (χ4n) is 1.31. The Morgan fingerprint density at radius 1 is 1.64 bits per heavy atom. The first-order valence-corrected chi connectivity index (χ1v) is 4.34. The van der Waals surface area contributed by atoms with Crippen molar-refractivity contribution in [3.8, 4) is 0 Å². The monoisotopic (exact) mass is 150 g/mol. The first kappa shape index (κ1) is 6.89. The van der Waals surface area contributed by atoms with Crippen LogP contribution in [0.3, 0.4) is 0 Å². The molecule has 1 saturated carbocycles. The van der Waals surface area contributed by atoms with Crippen LogP contribution in [-0.2, 0) is 6.54 Å². The summed E-state index contributed by atoms with van der Waals surface area (Å²) in [6, 6.07) is 2.06. The average Bonchev–Trinajstić information content (AvgIpc) is 2.72. The highest BCUT2D eigenvalue weighted by Crippen LogP contribution is 2.32. The third kappa shape index (κ3) is 1.82. The highest BCUT2D eigenvalue weighted by Gasteiger charge is 2.20. The van der Waals surface area contributed by atoms with E-state index in [0.29, 0.717) is 0 Å². The van der Waals surface area contributed by atoms with E-state index in [1.165, 1.54) is 19.3 Å². The van der Waals surface area contributed by atoms with Gasteiger partial charge in [0.1, 0.15) is 0 Å². The SMILES string of the molecule is Cc1ccn(CCC2CC2)n1. The van der Waals surface area contributed by atoms with Crippen LogP contribution in [0.1, 0.15) is 25.0 Å². The molecule has 11 heavy (non-hydrogen) atoms. The van der Waals surface area contributed by atoms with Crippen LogP contribution in [0.4, 0.5) is 0 Å². The van der Waals surface area contributed by atoms with Crippen LogP contribution >= 0.6 is 0 Å². The Morgan fingerprint density at radius 2 is 2.45 bits per heavy atom. The third-order valence-electron chi connectivity index (χ3n) is 2.24. The van der Waals surface area contributed by atoms with Gasteiger partial charge >= 0.3 is 0 Å². The summed E-state index contributed by atoms with van der Waals surface area (Å²) in [4.78, 5) is 0. The number of hydrogen-bond donors (Lipinski definition) is 0. The molecule has 2 heteroatoms. The van der Waals surface area contributed by atoms with E-state index in [2.05, 4.69) is 17.4 Å². The van der Waals surface area contributed by atoms with E-state index in [4.69, 9.17) is 0 Å². The Kier molecular flexibility index (Phi) is 1.68. The van der Waals surface area contributed by atoms with Crippen molar-refractivity contribution in [1.29, 1.82) is 0 Å². The molecule has 60 valence electrons. The molecule has 0 spiro atoms. The summed E-state index contributed by atoms with van der Waals surface area (Å²) < 4.78 is 2.05. The zero-order valence-electron chi connectivity index (χ0n) is 6.95. The molecule has 0 aromatic carbocycles. The van der Waals surface area contributed by atoms with Crippen LogP contribution in [-0.4, -0.2) is 9.78 Å². The van der Waals surface area contributed by atoms with Crippen molar-refractivity contribution in [3.05, 3.63) is 18.0 Å². The van der Waals surface area contributed by atoms with Crippen molar-refractivity contribution >= 4 is 0 Å². The van der Waals surface area contributed by atoms with Crippen molar-refractivity contribution in [2.24, 2.45) is 5.92 Å². The molecule has 1 aliphatic carbocycles. The number of aromatic nitrogens is 2. The smallest absolute Gasteiger partial charge is 0.0593 e. The van der Waals surface area contributed by atoms with Gasteiger partial charge in [0.05, 0.1) is 5.69 Å². The van der Waals surface area contributed by atoms with Gasteiger partial charge in [-0.3, -0.25) is 4.68 Å². The van der Waals surface area contributed by atoms with E-state index in [1.807, 2.05) is 11.6 Å². The number of hydrogen-bond acceptors (Lipinski definition) is 1. The number of nitrogens with zero attached hydrogens (tertiary/aromatic N) is 2. The van der Waals surface area contributed by atoms with Gasteiger partial charge < -0.3 is 0 Å². The lowest BCUT2D eigenvalue weighted by Crippen LogP contribution is -1.99. The van der Waals surface area contributed by atoms with Crippen molar-refractivity contribution in [3.63, 3.8) is 0 Å². The summed E-state index contributed by atoms with van der Waals surface area (Å²) in [5.41, 5.74) is 1.13. The van der Waals surface area contributed by atoms with Gasteiger partial charge in [0.2, 0.25) is 0 Å².